The minimum atomic E-state index is -0.642. The van der Waals surface area contributed by atoms with Gasteiger partial charge in [-0.1, -0.05) is 57.5 Å². The van der Waals surface area contributed by atoms with Crippen LogP contribution in [0.5, 0.6) is 0 Å². The van der Waals surface area contributed by atoms with Gasteiger partial charge in [-0.25, -0.2) is 13.8 Å². The van der Waals surface area contributed by atoms with Crippen molar-refractivity contribution in [2.45, 2.75) is 65.1 Å². The number of nitrogens with zero attached hydrogens (tertiary/aromatic N) is 4. The Morgan fingerprint density at radius 3 is 2.60 bits per heavy atom. The highest BCUT2D eigenvalue weighted by Crippen LogP contribution is 2.34. The zero-order chi connectivity index (χ0) is 30.9. The summed E-state index contributed by atoms with van der Waals surface area (Å²) in [6, 6.07) is 1.98. The first-order chi connectivity index (χ1) is 20.1. The summed E-state index contributed by atoms with van der Waals surface area (Å²) in [7, 11) is 0. The summed E-state index contributed by atoms with van der Waals surface area (Å²) >= 11 is 6.03. The maximum atomic E-state index is 14.3. The third kappa shape index (κ3) is 7.46. The summed E-state index contributed by atoms with van der Waals surface area (Å²) in [6.45, 7) is 18.4. The van der Waals surface area contributed by atoms with Gasteiger partial charge in [-0.05, 0) is 43.3 Å². The molecule has 1 atom stereocenters. The predicted octanol–water partition coefficient (Wildman–Crippen LogP) is 6.82. The van der Waals surface area contributed by atoms with Gasteiger partial charge in [-0.2, -0.15) is 5.10 Å². The standard InChI is InChI=1S/C30H33ClF2N6.C3H8/c1-6-12-30(39-16-22(14-37-39)21(5)23-11-13-35-29(23)34-8-3)18-38(19-30)17-27(20(4)7-2)36-15-24-25(32)9-10-26(33)28(24)31;1-3-2/h1,8-11,13-14,16,27,36H,3-4,7,12,15,17-19H2,2,5H3,(H,34,35);3H2,1-2H3/b23-21+;. The molecule has 1 unspecified atom stereocenters. The van der Waals surface area contributed by atoms with Gasteiger partial charge in [0.15, 0.2) is 0 Å². The number of likely N-dealkylation sites (tertiary alicyclic amines) is 1. The number of halogens is 3. The van der Waals surface area contributed by atoms with Crippen LogP contribution in [-0.4, -0.2) is 46.2 Å². The number of nitrogens with one attached hydrogen (secondary N) is 2. The van der Waals surface area contributed by atoms with Crippen LogP contribution in [0.4, 0.5) is 8.78 Å². The lowest BCUT2D eigenvalue weighted by Gasteiger charge is -2.50. The van der Waals surface area contributed by atoms with Gasteiger partial charge < -0.3 is 10.6 Å². The van der Waals surface area contributed by atoms with Gasteiger partial charge in [-0.15, -0.1) is 12.3 Å². The van der Waals surface area contributed by atoms with Crippen molar-refractivity contribution < 1.29 is 8.78 Å². The van der Waals surface area contributed by atoms with Crippen LogP contribution in [0.2, 0.25) is 5.02 Å². The van der Waals surface area contributed by atoms with Gasteiger partial charge in [0.2, 0.25) is 0 Å². The number of aromatic nitrogens is 2. The fourth-order valence-corrected chi connectivity index (χ4v) is 5.24. The molecule has 6 nitrogen and oxygen atoms in total. The second-order valence-electron chi connectivity index (χ2n) is 10.6. The summed E-state index contributed by atoms with van der Waals surface area (Å²) in [6.07, 6.45) is 17.5. The Morgan fingerprint density at radius 1 is 1.26 bits per heavy atom. The van der Waals surface area contributed by atoms with Crippen molar-refractivity contribution in [3.05, 3.63) is 95.1 Å². The molecule has 2 aromatic rings. The van der Waals surface area contributed by atoms with Gasteiger partial charge in [0, 0.05) is 67.7 Å². The summed E-state index contributed by atoms with van der Waals surface area (Å²) < 4.78 is 30.2. The predicted molar refractivity (Wildman–Crippen MR) is 170 cm³/mol. The second-order valence-corrected chi connectivity index (χ2v) is 11.0. The summed E-state index contributed by atoms with van der Waals surface area (Å²) in [5.74, 6) is 2.38. The van der Waals surface area contributed by atoms with Crippen molar-refractivity contribution in [1.29, 1.82) is 0 Å². The first-order valence-corrected chi connectivity index (χ1v) is 14.6. The van der Waals surface area contributed by atoms with Crippen LogP contribution >= 0.6 is 11.6 Å². The Hall–Kier alpha value is -3.51. The molecule has 2 aliphatic heterocycles. The zero-order valence-corrected chi connectivity index (χ0v) is 25.7. The molecule has 0 bridgehead atoms. The summed E-state index contributed by atoms with van der Waals surface area (Å²) in [5.41, 5.74) is 3.75. The molecule has 0 saturated carbocycles. The topological polar surface area (TPSA) is 57.5 Å². The largest absolute Gasteiger partial charge is 0.347 e. The van der Waals surface area contributed by atoms with Gasteiger partial charge >= 0.3 is 0 Å². The van der Waals surface area contributed by atoms with Crippen molar-refractivity contribution in [2.24, 2.45) is 4.99 Å². The Bertz CT molecular complexity index is 1410. The number of hydrogen-bond donors (Lipinski definition) is 2. The number of terminal acetylenes is 1. The van der Waals surface area contributed by atoms with E-state index in [1.807, 2.05) is 37.0 Å². The molecule has 0 radical (unpaired) electrons. The molecule has 0 spiro atoms. The average molecular weight is 595 g/mol. The number of benzene rings is 1. The smallest absolute Gasteiger partial charge is 0.142 e. The lowest BCUT2D eigenvalue weighted by atomic mass is 9.85. The molecular formula is C33H41ClF2N6. The van der Waals surface area contributed by atoms with E-state index in [1.165, 1.54) is 6.42 Å². The minimum Gasteiger partial charge on any atom is -0.347 e. The van der Waals surface area contributed by atoms with Crippen LogP contribution in [0.1, 0.15) is 58.1 Å². The van der Waals surface area contributed by atoms with Crippen LogP contribution in [0.3, 0.4) is 0 Å². The molecule has 1 aromatic heterocycles. The Balaban J connectivity index is 0.00000155. The quantitative estimate of drug-likeness (QED) is 0.170. The van der Waals surface area contributed by atoms with E-state index in [9.17, 15) is 8.78 Å². The van der Waals surface area contributed by atoms with Crippen molar-refractivity contribution in [3.63, 3.8) is 0 Å². The lowest BCUT2D eigenvalue weighted by molar-refractivity contribution is 0.00143. The number of allylic oxidation sites excluding steroid dienone is 1. The minimum absolute atomic E-state index is 0.0896. The Morgan fingerprint density at radius 2 is 1.95 bits per heavy atom. The molecule has 1 fully saturated rings. The maximum absolute atomic E-state index is 14.3. The molecule has 0 amide bonds. The number of hydrogen-bond acceptors (Lipinski definition) is 5. The highest BCUT2D eigenvalue weighted by atomic mass is 35.5. The second kappa shape index (κ2) is 15.1. The van der Waals surface area contributed by atoms with Crippen LogP contribution < -0.4 is 10.6 Å². The Kier molecular flexibility index (Phi) is 11.9. The van der Waals surface area contributed by atoms with Crippen LogP contribution in [-0.2, 0) is 12.1 Å². The Labute approximate surface area is 253 Å². The van der Waals surface area contributed by atoms with E-state index in [1.54, 1.807) is 12.4 Å². The summed E-state index contributed by atoms with van der Waals surface area (Å²) in [5, 5.41) is 10.9. The van der Waals surface area contributed by atoms with Gasteiger partial charge in [0.05, 0.1) is 16.8 Å². The fourth-order valence-electron chi connectivity index (χ4n) is 5.02. The van der Waals surface area contributed by atoms with Gasteiger partial charge in [0.25, 0.3) is 0 Å². The molecule has 1 aromatic carbocycles. The van der Waals surface area contributed by atoms with Gasteiger partial charge in [-0.3, -0.25) is 9.58 Å². The van der Waals surface area contributed by atoms with Crippen LogP contribution in [0.25, 0.3) is 5.57 Å². The molecule has 4 rings (SSSR count). The van der Waals surface area contributed by atoms with E-state index in [0.717, 1.165) is 46.7 Å². The SMILES string of the molecule is C#CCC1(n2cc(/C(C)=C3\C=CN=C3NC=C)cn2)CN(CC(NCc2c(F)ccc(F)c2Cl)C(=C)CC)C1.CCC. The third-order valence-corrected chi connectivity index (χ3v) is 7.77. The van der Waals surface area contributed by atoms with E-state index in [2.05, 4.69) is 53.5 Å². The van der Waals surface area contributed by atoms with E-state index in [4.69, 9.17) is 23.1 Å². The molecule has 224 valence electrons. The van der Waals surface area contributed by atoms with E-state index < -0.39 is 11.6 Å². The van der Waals surface area contributed by atoms with Crippen LogP contribution in [0, 0.1) is 24.0 Å². The molecule has 1 saturated heterocycles. The highest BCUT2D eigenvalue weighted by molar-refractivity contribution is 6.31. The van der Waals surface area contributed by atoms with E-state index in [-0.39, 0.29) is 28.7 Å². The van der Waals surface area contributed by atoms with Crippen molar-refractivity contribution >= 4 is 23.0 Å². The monoisotopic (exact) mass is 594 g/mol. The van der Waals surface area contributed by atoms with Crippen molar-refractivity contribution in [1.82, 2.24) is 25.3 Å². The van der Waals surface area contributed by atoms with E-state index in [0.29, 0.717) is 26.1 Å². The van der Waals surface area contributed by atoms with E-state index >= 15 is 0 Å². The van der Waals surface area contributed by atoms with Crippen LogP contribution in [0.15, 0.2) is 72.3 Å². The molecule has 0 aliphatic carbocycles. The molecule has 2 N–H and O–H groups in total. The first-order valence-electron chi connectivity index (χ1n) is 14.2. The molecular weight excluding hydrogens is 554 g/mol. The average Bonchev–Trinajstić information content (AvgIpc) is 3.63. The fraction of sp³-hybridized carbons (Fsp3) is 0.394. The lowest BCUT2D eigenvalue weighted by Crippen LogP contribution is -2.64. The number of rotatable bonds is 11. The van der Waals surface area contributed by atoms with Crippen molar-refractivity contribution in [3.8, 4) is 12.3 Å². The molecule has 3 heterocycles. The highest BCUT2D eigenvalue weighted by Gasteiger charge is 2.45. The molecule has 2 aliphatic rings. The van der Waals surface area contributed by atoms with Gasteiger partial charge in [0.1, 0.15) is 17.5 Å². The number of amidine groups is 1. The zero-order valence-electron chi connectivity index (χ0n) is 25.0. The number of aliphatic imine (C=N–C) groups is 1. The first kappa shape index (κ1) is 33.0. The molecule has 42 heavy (non-hydrogen) atoms. The van der Waals surface area contributed by atoms with Crippen molar-refractivity contribution in [2.75, 3.05) is 19.6 Å². The summed E-state index contributed by atoms with van der Waals surface area (Å²) in [4.78, 5) is 6.62. The normalized spacial score (nSPS) is 17.3. The maximum Gasteiger partial charge on any atom is 0.142 e. The third-order valence-electron chi connectivity index (χ3n) is 7.36. The molecule has 9 heteroatoms.